The summed E-state index contributed by atoms with van der Waals surface area (Å²) in [5.74, 6) is 5.30. The molecule has 2 rings (SSSR count). The number of rotatable bonds is 3. The number of hydrogen-bond acceptors (Lipinski definition) is 5. The summed E-state index contributed by atoms with van der Waals surface area (Å²) >= 11 is 6.06. The van der Waals surface area contributed by atoms with Gasteiger partial charge in [-0.1, -0.05) is 17.7 Å². The molecule has 1 heterocycles. The molecule has 7 nitrogen and oxygen atoms in total. The van der Waals surface area contributed by atoms with Crippen molar-refractivity contribution in [2.75, 3.05) is 5.43 Å². The van der Waals surface area contributed by atoms with Gasteiger partial charge in [0.15, 0.2) is 0 Å². The molecule has 100 valence electrons. The van der Waals surface area contributed by atoms with Crippen molar-refractivity contribution in [2.24, 2.45) is 5.84 Å². The first kappa shape index (κ1) is 13.3. The minimum atomic E-state index is -0.505. The maximum Gasteiger partial charge on any atom is 0.319 e. The molecule has 0 saturated carbocycles. The van der Waals surface area contributed by atoms with Crippen molar-refractivity contribution in [2.45, 2.75) is 13.8 Å². The third-order valence-corrected chi connectivity index (χ3v) is 3.33. The smallest absolute Gasteiger partial charge is 0.318 e. The van der Waals surface area contributed by atoms with Crippen molar-refractivity contribution in [1.29, 1.82) is 0 Å². The Hall–Kier alpha value is -2.12. The molecule has 19 heavy (non-hydrogen) atoms. The van der Waals surface area contributed by atoms with Crippen LogP contribution in [0.3, 0.4) is 0 Å². The molecule has 0 aliphatic heterocycles. The lowest BCUT2D eigenvalue weighted by molar-refractivity contribution is -0.383. The van der Waals surface area contributed by atoms with E-state index in [1.54, 1.807) is 26.0 Å². The molecule has 0 amide bonds. The summed E-state index contributed by atoms with van der Waals surface area (Å²) in [6, 6.07) is 4.77. The Morgan fingerprint density at radius 2 is 2.16 bits per heavy atom. The summed E-state index contributed by atoms with van der Waals surface area (Å²) in [4.78, 5) is 10.7. The number of benzene rings is 1. The fourth-order valence-electron chi connectivity index (χ4n) is 1.87. The highest BCUT2D eigenvalue weighted by Crippen LogP contribution is 2.33. The molecule has 0 bridgehead atoms. The summed E-state index contributed by atoms with van der Waals surface area (Å²) in [6.07, 6.45) is 0. The van der Waals surface area contributed by atoms with Crippen LogP contribution in [-0.2, 0) is 0 Å². The standard InChI is InChI=1S/C11H12ClN5O2/c1-6-10(12)7(2)16(15-6)9-5-3-4-8(14-13)11(9)17(18)19/h3-5,14H,13H2,1-2H3. The van der Waals surface area contributed by atoms with Gasteiger partial charge in [-0.15, -0.1) is 0 Å². The van der Waals surface area contributed by atoms with Gasteiger partial charge in [0.1, 0.15) is 11.4 Å². The summed E-state index contributed by atoms with van der Waals surface area (Å²) in [6.45, 7) is 3.48. The molecule has 0 aliphatic carbocycles. The van der Waals surface area contributed by atoms with E-state index in [2.05, 4.69) is 10.5 Å². The van der Waals surface area contributed by atoms with E-state index in [1.807, 2.05) is 0 Å². The number of nitro benzene ring substituents is 1. The van der Waals surface area contributed by atoms with Crippen LogP contribution in [0, 0.1) is 24.0 Å². The Morgan fingerprint density at radius 1 is 1.47 bits per heavy atom. The average Bonchev–Trinajstić information content (AvgIpc) is 2.65. The Kier molecular flexibility index (Phi) is 3.41. The summed E-state index contributed by atoms with van der Waals surface area (Å²) in [7, 11) is 0. The van der Waals surface area contributed by atoms with E-state index in [1.165, 1.54) is 10.7 Å². The molecular formula is C11H12ClN5O2. The van der Waals surface area contributed by atoms with Gasteiger partial charge in [0, 0.05) is 0 Å². The Balaban J connectivity index is 2.75. The average molecular weight is 282 g/mol. The fraction of sp³-hybridized carbons (Fsp3) is 0.182. The molecule has 3 N–H and O–H groups in total. The molecule has 0 aliphatic rings. The highest BCUT2D eigenvalue weighted by atomic mass is 35.5. The van der Waals surface area contributed by atoms with E-state index in [9.17, 15) is 10.1 Å². The number of aryl methyl sites for hydroxylation is 1. The number of para-hydroxylation sites is 1. The minimum absolute atomic E-state index is 0.146. The molecule has 2 aromatic rings. The first-order valence-electron chi connectivity index (χ1n) is 5.43. The molecular weight excluding hydrogens is 270 g/mol. The van der Waals surface area contributed by atoms with Gasteiger partial charge in [0.25, 0.3) is 0 Å². The van der Waals surface area contributed by atoms with E-state index in [0.717, 1.165) is 0 Å². The van der Waals surface area contributed by atoms with E-state index in [0.29, 0.717) is 22.1 Å². The maximum atomic E-state index is 11.2. The first-order chi connectivity index (χ1) is 8.97. The molecule has 0 saturated heterocycles. The second-order valence-electron chi connectivity index (χ2n) is 3.97. The van der Waals surface area contributed by atoms with Crippen LogP contribution in [0.15, 0.2) is 18.2 Å². The van der Waals surface area contributed by atoms with E-state index in [4.69, 9.17) is 17.4 Å². The van der Waals surface area contributed by atoms with Gasteiger partial charge in [-0.3, -0.25) is 16.0 Å². The number of nitrogens with two attached hydrogens (primary N) is 1. The number of nitrogens with zero attached hydrogens (tertiary/aromatic N) is 3. The zero-order valence-corrected chi connectivity index (χ0v) is 11.1. The largest absolute Gasteiger partial charge is 0.319 e. The minimum Gasteiger partial charge on any atom is -0.318 e. The van der Waals surface area contributed by atoms with Crippen LogP contribution in [0.2, 0.25) is 5.02 Å². The van der Waals surface area contributed by atoms with Gasteiger partial charge >= 0.3 is 5.69 Å². The molecule has 0 fully saturated rings. The Bertz CT molecular complexity index is 653. The Morgan fingerprint density at radius 3 is 2.63 bits per heavy atom. The van der Waals surface area contributed by atoms with E-state index >= 15 is 0 Å². The molecule has 0 spiro atoms. The normalized spacial score (nSPS) is 10.5. The highest BCUT2D eigenvalue weighted by molar-refractivity contribution is 6.31. The number of nitrogen functional groups attached to an aromatic ring is 1. The van der Waals surface area contributed by atoms with Crippen molar-refractivity contribution < 1.29 is 4.92 Å². The van der Waals surface area contributed by atoms with Crippen LogP contribution in [-0.4, -0.2) is 14.7 Å². The van der Waals surface area contributed by atoms with Gasteiger partial charge in [-0.05, 0) is 26.0 Å². The van der Waals surface area contributed by atoms with Crippen molar-refractivity contribution >= 4 is 23.0 Å². The number of hydrazine groups is 1. The van der Waals surface area contributed by atoms with Gasteiger partial charge in [0.05, 0.1) is 21.3 Å². The lowest BCUT2D eigenvalue weighted by Gasteiger charge is -2.08. The number of nitro groups is 1. The lowest BCUT2D eigenvalue weighted by atomic mass is 10.2. The number of anilines is 1. The van der Waals surface area contributed by atoms with Crippen LogP contribution < -0.4 is 11.3 Å². The zero-order chi connectivity index (χ0) is 14.2. The summed E-state index contributed by atoms with van der Waals surface area (Å²) in [5, 5.41) is 15.9. The van der Waals surface area contributed by atoms with Crippen LogP contribution in [0.1, 0.15) is 11.4 Å². The summed E-state index contributed by atoms with van der Waals surface area (Å²) in [5.41, 5.74) is 3.94. The summed E-state index contributed by atoms with van der Waals surface area (Å²) < 4.78 is 1.44. The van der Waals surface area contributed by atoms with Crippen molar-refractivity contribution in [3.63, 3.8) is 0 Å². The predicted octanol–water partition coefficient (Wildman–Crippen LogP) is 2.34. The molecule has 1 aromatic heterocycles. The van der Waals surface area contributed by atoms with Crippen LogP contribution in [0.4, 0.5) is 11.4 Å². The number of nitrogens with one attached hydrogen (secondary N) is 1. The van der Waals surface area contributed by atoms with Crippen LogP contribution >= 0.6 is 11.6 Å². The number of hydrogen-bond donors (Lipinski definition) is 2. The third kappa shape index (κ3) is 2.13. The highest BCUT2D eigenvalue weighted by Gasteiger charge is 2.23. The second kappa shape index (κ2) is 4.87. The second-order valence-corrected chi connectivity index (χ2v) is 4.35. The SMILES string of the molecule is Cc1nn(-c2cccc(NN)c2[N+](=O)[O-])c(C)c1Cl. The van der Waals surface area contributed by atoms with Gasteiger partial charge < -0.3 is 5.43 Å². The predicted molar refractivity (Wildman–Crippen MR) is 72.5 cm³/mol. The molecule has 8 heteroatoms. The van der Waals surface area contributed by atoms with E-state index < -0.39 is 4.92 Å². The van der Waals surface area contributed by atoms with Gasteiger partial charge in [-0.2, -0.15) is 5.10 Å². The maximum absolute atomic E-state index is 11.2. The van der Waals surface area contributed by atoms with Crippen molar-refractivity contribution in [3.05, 3.63) is 44.7 Å². The zero-order valence-electron chi connectivity index (χ0n) is 10.3. The third-order valence-electron chi connectivity index (χ3n) is 2.78. The molecule has 1 aromatic carbocycles. The quantitative estimate of drug-likeness (QED) is 0.511. The lowest BCUT2D eigenvalue weighted by Crippen LogP contribution is -2.11. The topological polar surface area (TPSA) is 99.0 Å². The monoisotopic (exact) mass is 281 g/mol. The van der Waals surface area contributed by atoms with Crippen LogP contribution in [0.5, 0.6) is 0 Å². The molecule has 0 radical (unpaired) electrons. The van der Waals surface area contributed by atoms with Gasteiger partial charge in [-0.25, -0.2) is 4.68 Å². The number of halogens is 1. The van der Waals surface area contributed by atoms with Crippen LogP contribution in [0.25, 0.3) is 5.69 Å². The molecule has 0 atom stereocenters. The first-order valence-corrected chi connectivity index (χ1v) is 5.81. The Labute approximate surface area is 114 Å². The fourth-order valence-corrected chi connectivity index (χ4v) is 1.99. The van der Waals surface area contributed by atoms with Gasteiger partial charge in [0.2, 0.25) is 0 Å². The van der Waals surface area contributed by atoms with Crippen molar-refractivity contribution in [1.82, 2.24) is 9.78 Å². The van der Waals surface area contributed by atoms with E-state index in [-0.39, 0.29) is 11.4 Å². The number of aromatic nitrogens is 2. The molecule has 0 unspecified atom stereocenters. The van der Waals surface area contributed by atoms with Crippen molar-refractivity contribution in [3.8, 4) is 5.69 Å².